The van der Waals surface area contributed by atoms with Gasteiger partial charge in [-0.05, 0) is 48.9 Å². The molecule has 0 saturated carbocycles. The highest BCUT2D eigenvalue weighted by Gasteiger charge is 2.15. The molecule has 25 heavy (non-hydrogen) atoms. The van der Waals surface area contributed by atoms with Crippen LogP contribution in [0.3, 0.4) is 0 Å². The molecule has 1 aromatic heterocycles. The molecule has 130 valence electrons. The van der Waals surface area contributed by atoms with Crippen molar-refractivity contribution >= 4 is 23.2 Å². The van der Waals surface area contributed by atoms with Gasteiger partial charge in [-0.25, -0.2) is 4.68 Å². The predicted molar refractivity (Wildman–Crippen MR) is 100 cm³/mol. The molecule has 0 aliphatic carbocycles. The van der Waals surface area contributed by atoms with Crippen LogP contribution in [0, 0.1) is 0 Å². The van der Waals surface area contributed by atoms with E-state index in [1.165, 1.54) is 0 Å². The number of hydrogen-bond acceptors (Lipinski definition) is 3. The van der Waals surface area contributed by atoms with Gasteiger partial charge in [-0.1, -0.05) is 35.3 Å². The monoisotopic (exact) mass is 376 g/mol. The van der Waals surface area contributed by atoms with Gasteiger partial charge >= 0.3 is 0 Å². The van der Waals surface area contributed by atoms with Crippen LogP contribution in [-0.2, 0) is 6.42 Å². The minimum absolute atomic E-state index is 0.503. The minimum atomic E-state index is -0.665. The summed E-state index contributed by atoms with van der Waals surface area (Å²) in [6.07, 6.45) is -0.0233. The second-order valence-electron chi connectivity index (χ2n) is 5.77. The lowest BCUT2D eigenvalue weighted by atomic mass is 10.1. The minimum Gasteiger partial charge on any atom is -0.497 e. The molecule has 1 atom stereocenters. The molecule has 0 fully saturated rings. The van der Waals surface area contributed by atoms with Crippen LogP contribution in [-0.4, -0.2) is 22.0 Å². The highest BCUT2D eigenvalue weighted by Crippen LogP contribution is 2.27. The number of aliphatic hydroxyl groups is 1. The molecule has 0 spiro atoms. The van der Waals surface area contributed by atoms with Crippen LogP contribution in [0.5, 0.6) is 5.75 Å². The predicted octanol–water partition coefficient (Wildman–Crippen LogP) is 4.83. The largest absolute Gasteiger partial charge is 0.497 e. The van der Waals surface area contributed by atoms with Crippen LogP contribution in [0.15, 0.2) is 48.5 Å². The Balaban J connectivity index is 2.02. The standard InChI is InChI=1S/C19H18Cl2N2O2/c1-12(24)18-11-15(9-13-3-6-16(25-2)7-4-13)23(22-18)19-8-5-14(20)10-17(19)21/h3-8,10-12,24H,9H2,1-2H3. The van der Waals surface area contributed by atoms with Gasteiger partial charge in [0.1, 0.15) is 5.75 Å². The molecule has 0 amide bonds. The zero-order valence-electron chi connectivity index (χ0n) is 13.9. The molecule has 1 unspecified atom stereocenters. The first-order chi connectivity index (χ1) is 12.0. The van der Waals surface area contributed by atoms with E-state index in [4.69, 9.17) is 27.9 Å². The van der Waals surface area contributed by atoms with E-state index in [0.717, 1.165) is 22.7 Å². The molecular weight excluding hydrogens is 359 g/mol. The third-order valence-corrected chi connectivity index (χ3v) is 4.45. The van der Waals surface area contributed by atoms with Crippen molar-refractivity contribution in [3.8, 4) is 11.4 Å². The van der Waals surface area contributed by atoms with E-state index in [-0.39, 0.29) is 0 Å². The molecule has 3 aromatic rings. The lowest BCUT2D eigenvalue weighted by Crippen LogP contribution is -2.04. The van der Waals surface area contributed by atoms with E-state index < -0.39 is 6.10 Å². The maximum atomic E-state index is 9.91. The molecule has 0 saturated heterocycles. The van der Waals surface area contributed by atoms with Crippen molar-refractivity contribution in [2.24, 2.45) is 0 Å². The first-order valence-corrected chi connectivity index (χ1v) is 8.59. The molecule has 1 heterocycles. The lowest BCUT2D eigenvalue weighted by Gasteiger charge is -2.10. The maximum absolute atomic E-state index is 9.91. The number of aliphatic hydroxyl groups excluding tert-OH is 1. The fourth-order valence-electron chi connectivity index (χ4n) is 2.58. The third-order valence-electron chi connectivity index (χ3n) is 3.91. The number of aromatic nitrogens is 2. The topological polar surface area (TPSA) is 47.3 Å². The number of ether oxygens (including phenoxy) is 1. The van der Waals surface area contributed by atoms with Gasteiger partial charge in [-0.2, -0.15) is 5.10 Å². The Kier molecular flexibility index (Phi) is 5.33. The van der Waals surface area contributed by atoms with Crippen LogP contribution in [0.2, 0.25) is 10.0 Å². The Bertz CT molecular complexity index is 874. The molecule has 2 aromatic carbocycles. The van der Waals surface area contributed by atoms with Gasteiger partial charge in [-0.3, -0.25) is 0 Å². The maximum Gasteiger partial charge on any atom is 0.118 e. The third kappa shape index (κ3) is 3.98. The lowest BCUT2D eigenvalue weighted by molar-refractivity contribution is 0.193. The van der Waals surface area contributed by atoms with Gasteiger partial charge in [0.05, 0.1) is 29.6 Å². The summed E-state index contributed by atoms with van der Waals surface area (Å²) in [4.78, 5) is 0. The zero-order valence-corrected chi connectivity index (χ0v) is 15.4. The molecular formula is C19H18Cl2N2O2. The van der Waals surface area contributed by atoms with Crippen molar-refractivity contribution in [1.29, 1.82) is 0 Å². The molecule has 6 heteroatoms. The van der Waals surface area contributed by atoms with Gasteiger partial charge in [-0.15, -0.1) is 0 Å². The van der Waals surface area contributed by atoms with Crippen molar-refractivity contribution in [1.82, 2.24) is 9.78 Å². The number of nitrogens with zero attached hydrogens (tertiary/aromatic N) is 2. The van der Waals surface area contributed by atoms with Crippen molar-refractivity contribution < 1.29 is 9.84 Å². The molecule has 0 aliphatic rings. The molecule has 0 bridgehead atoms. The van der Waals surface area contributed by atoms with E-state index in [0.29, 0.717) is 22.2 Å². The van der Waals surface area contributed by atoms with E-state index in [1.54, 1.807) is 30.8 Å². The van der Waals surface area contributed by atoms with E-state index >= 15 is 0 Å². The quantitative estimate of drug-likeness (QED) is 0.693. The molecule has 0 aliphatic heterocycles. The van der Waals surface area contributed by atoms with Crippen molar-refractivity contribution in [2.75, 3.05) is 7.11 Å². The van der Waals surface area contributed by atoms with Crippen LogP contribution < -0.4 is 4.74 Å². The number of rotatable bonds is 5. The summed E-state index contributed by atoms with van der Waals surface area (Å²) in [5.74, 6) is 0.808. The van der Waals surface area contributed by atoms with Crippen molar-refractivity contribution in [3.05, 3.63) is 75.5 Å². The molecule has 3 rings (SSSR count). The Hall–Kier alpha value is -2.01. The Labute approximate surface area is 156 Å². The average molecular weight is 377 g/mol. The van der Waals surface area contributed by atoms with E-state index in [2.05, 4.69) is 5.10 Å². The van der Waals surface area contributed by atoms with Crippen LogP contribution in [0.25, 0.3) is 5.69 Å². The van der Waals surface area contributed by atoms with Crippen LogP contribution in [0.4, 0.5) is 0 Å². The zero-order chi connectivity index (χ0) is 18.0. The summed E-state index contributed by atoms with van der Waals surface area (Å²) >= 11 is 12.3. The normalized spacial score (nSPS) is 12.2. The second-order valence-corrected chi connectivity index (χ2v) is 6.61. The van der Waals surface area contributed by atoms with E-state index in [1.807, 2.05) is 36.4 Å². The molecule has 1 N–H and O–H groups in total. The molecule has 0 radical (unpaired) electrons. The van der Waals surface area contributed by atoms with Crippen molar-refractivity contribution in [2.45, 2.75) is 19.4 Å². The first kappa shape index (κ1) is 17.8. The number of hydrogen-bond donors (Lipinski definition) is 1. The highest BCUT2D eigenvalue weighted by molar-refractivity contribution is 6.35. The van der Waals surface area contributed by atoms with Gasteiger partial charge < -0.3 is 9.84 Å². The highest BCUT2D eigenvalue weighted by atomic mass is 35.5. The summed E-state index contributed by atoms with van der Waals surface area (Å²) < 4.78 is 6.95. The number of halogens is 2. The Morgan fingerprint density at radius 3 is 2.44 bits per heavy atom. The first-order valence-electron chi connectivity index (χ1n) is 7.83. The average Bonchev–Trinajstić information content (AvgIpc) is 2.99. The Morgan fingerprint density at radius 1 is 1.12 bits per heavy atom. The smallest absolute Gasteiger partial charge is 0.118 e. The van der Waals surface area contributed by atoms with Crippen molar-refractivity contribution in [3.63, 3.8) is 0 Å². The summed E-state index contributed by atoms with van der Waals surface area (Å²) in [6, 6.07) is 15.0. The second kappa shape index (κ2) is 7.48. The van der Waals surface area contributed by atoms with Gasteiger partial charge in [0, 0.05) is 17.1 Å². The summed E-state index contributed by atoms with van der Waals surface area (Å²) in [6.45, 7) is 1.69. The SMILES string of the molecule is COc1ccc(Cc2cc(C(C)O)nn2-c2ccc(Cl)cc2Cl)cc1. The summed E-state index contributed by atoms with van der Waals surface area (Å²) in [5.41, 5.74) is 3.34. The van der Waals surface area contributed by atoms with Crippen LogP contribution >= 0.6 is 23.2 Å². The number of benzene rings is 2. The fourth-order valence-corrected chi connectivity index (χ4v) is 3.07. The van der Waals surface area contributed by atoms with E-state index in [9.17, 15) is 5.11 Å². The Morgan fingerprint density at radius 2 is 1.84 bits per heavy atom. The van der Waals surface area contributed by atoms with Gasteiger partial charge in [0.25, 0.3) is 0 Å². The van der Waals surface area contributed by atoms with Gasteiger partial charge in [0.2, 0.25) is 0 Å². The van der Waals surface area contributed by atoms with Crippen LogP contribution in [0.1, 0.15) is 30.0 Å². The van der Waals surface area contributed by atoms with Gasteiger partial charge in [0.15, 0.2) is 0 Å². The number of methoxy groups -OCH3 is 1. The summed E-state index contributed by atoms with van der Waals surface area (Å²) in [7, 11) is 1.64. The summed E-state index contributed by atoms with van der Waals surface area (Å²) in [5, 5.41) is 15.5. The fraction of sp³-hybridized carbons (Fsp3) is 0.211. The molecule has 4 nitrogen and oxygen atoms in total.